The normalized spacial score (nSPS) is 11.3. The molecule has 2 heterocycles. The molecule has 0 bridgehead atoms. The summed E-state index contributed by atoms with van der Waals surface area (Å²) in [6.45, 7) is 8.06. The molecule has 0 saturated heterocycles. The van der Waals surface area contributed by atoms with Crippen LogP contribution in [-0.4, -0.2) is 25.2 Å². The molecule has 0 radical (unpaired) electrons. The van der Waals surface area contributed by atoms with E-state index in [1.54, 1.807) is 4.68 Å². The summed E-state index contributed by atoms with van der Waals surface area (Å²) in [5.41, 5.74) is 6.80. The minimum Gasteiger partial charge on any atom is -0.440 e. The van der Waals surface area contributed by atoms with Gasteiger partial charge in [-0.1, -0.05) is 23.8 Å². The summed E-state index contributed by atoms with van der Waals surface area (Å²) in [4.78, 5) is 4.39. The number of hydrogen-bond donors (Lipinski definition) is 0. The van der Waals surface area contributed by atoms with Gasteiger partial charge in [-0.25, -0.2) is 4.98 Å². The van der Waals surface area contributed by atoms with E-state index >= 15 is 0 Å². The van der Waals surface area contributed by atoms with E-state index in [1.165, 1.54) is 5.56 Å². The van der Waals surface area contributed by atoms with E-state index in [2.05, 4.69) is 53.4 Å². The lowest BCUT2D eigenvalue weighted by Gasteiger charge is -2.12. The molecule has 4 rings (SSSR count). The first kappa shape index (κ1) is 14.6. The molecule has 6 heteroatoms. The minimum absolute atomic E-state index is 0.624. The molecular formula is C18H17N5O. The van der Waals surface area contributed by atoms with Crippen molar-refractivity contribution in [1.29, 1.82) is 0 Å². The second-order valence-electron chi connectivity index (χ2n) is 6.05. The van der Waals surface area contributed by atoms with Gasteiger partial charge in [0.15, 0.2) is 17.3 Å². The molecule has 0 aliphatic rings. The topological polar surface area (TPSA) is 69.6 Å². The van der Waals surface area contributed by atoms with E-state index < -0.39 is 0 Å². The van der Waals surface area contributed by atoms with E-state index in [9.17, 15) is 0 Å². The Morgan fingerprint density at radius 1 is 1.00 bits per heavy atom. The second-order valence-corrected chi connectivity index (χ2v) is 6.05. The smallest absolute Gasteiger partial charge is 0.192 e. The third-order valence-electron chi connectivity index (χ3n) is 4.08. The summed E-state index contributed by atoms with van der Waals surface area (Å²) < 4.78 is 7.55. The maximum Gasteiger partial charge on any atom is 0.192 e. The van der Waals surface area contributed by atoms with Gasteiger partial charge in [-0.05, 0) is 54.5 Å². The lowest BCUT2D eigenvalue weighted by atomic mass is 10.0. The SMILES string of the molecule is Cc1cc(C)c(-n2nnnc2-c2cccc3nc(C)oc23)c(C)c1. The summed E-state index contributed by atoms with van der Waals surface area (Å²) in [7, 11) is 0. The zero-order valence-electron chi connectivity index (χ0n) is 14.0. The number of fused-ring (bicyclic) bond motifs is 1. The van der Waals surface area contributed by atoms with Crippen molar-refractivity contribution in [3.05, 3.63) is 52.9 Å². The quantitative estimate of drug-likeness (QED) is 0.563. The van der Waals surface area contributed by atoms with Gasteiger partial charge in [-0.2, -0.15) is 4.68 Å². The number of aryl methyl sites for hydroxylation is 4. The van der Waals surface area contributed by atoms with Crippen molar-refractivity contribution in [2.45, 2.75) is 27.7 Å². The van der Waals surface area contributed by atoms with E-state index in [4.69, 9.17) is 4.42 Å². The van der Waals surface area contributed by atoms with E-state index in [0.717, 1.165) is 27.9 Å². The van der Waals surface area contributed by atoms with Crippen molar-refractivity contribution in [2.75, 3.05) is 0 Å². The van der Waals surface area contributed by atoms with Gasteiger partial charge >= 0.3 is 0 Å². The second kappa shape index (κ2) is 5.26. The highest BCUT2D eigenvalue weighted by atomic mass is 16.3. The van der Waals surface area contributed by atoms with Crippen molar-refractivity contribution in [1.82, 2.24) is 25.2 Å². The van der Waals surface area contributed by atoms with Gasteiger partial charge in [0.2, 0.25) is 0 Å². The minimum atomic E-state index is 0.624. The molecule has 0 spiro atoms. The number of para-hydroxylation sites is 1. The highest BCUT2D eigenvalue weighted by molar-refractivity contribution is 5.88. The van der Waals surface area contributed by atoms with Gasteiger partial charge in [-0.15, -0.1) is 5.10 Å². The molecule has 0 unspecified atom stereocenters. The average molecular weight is 319 g/mol. The molecule has 0 saturated carbocycles. The maximum absolute atomic E-state index is 5.77. The van der Waals surface area contributed by atoms with Crippen LogP contribution in [0.5, 0.6) is 0 Å². The Labute approximate surface area is 139 Å². The zero-order chi connectivity index (χ0) is 16.8. The molecule has 0 aliphatic heterocycles. The van der Waals surface area contributed by atoms with Crippen LogP contribution in [-0.2, 0) is 0 Å². The van der Waals surface area contributed by atoms with Crippen LogP contribution in [0.1, 0.15) is 22.6 Å². The molecule has 0 fully saturated rings. The van der Waals surface area contributed by atoms with Gasteiger partial charge in [0.25, 0.3) is 0 Å². The first-order valence-corrected chi connectivity index (χ1v) is 7.77. The van der Waals surface area contributed by atoms with Crippen LogP contribution in [0.4, 0.5) is 0 Å². The van der Waals surface area contributed by atoms with Gasteiger partial charge in [0, 0.05) is 6.92 Å². The third kappa shape index (κ3) is 2.19. The number of benzene rings is 2. The lowest BCUT2D eigenvalue weighted by Crippen LogP contribution is -2.05. The molecule has 0 N–H and O–H groups in total. The molecule has 0 aliphatic carbocycles. The van der Waals surface area contributed by atoms with Crippen molar-refractivity contribution in [3.63, 3.8) is 0 Å². The summed E-state index contributed by atoms with van der Waals surface area (Å²) in [6, 6.07) is 10.1. The molecule has 2 aromatic carbocycles. The van der Waals surface area contributed by atoms with Crippen LogP contribution in [0.15, 0.2) is 34.7 Å². The monoisotopic (exact) mass is 319 g/mol. The van der Waals surface area contributed by atoms with Gasteiger partial charge in [0.05, 0.1) is 11.3 Å². The fourth-order valence-corrected chi connectivity index (χ4v) is 3.25. The van der Waals surface area contributed by atoms with Crippen LogP contribution < -0.4 is 0 Å². The summed E-state index contributed by atoms with van der Waals surface area (Å²) >= 11 is 0. The fourth-order valence-electron chi connectivity index (χ4n) is 3.25. The number of oxazole rings is 1. The van der Waals surface area contributed by atoms with Crippen molar-refractivity contribution in [3.8, 4) is 17.1 Å². The molecular weight excluding hydrogens is 302 g/mol. The van der Waals surface area contributed by atoms with E-state index in [1.807, 2.05) is 25.1 Å². The zero-order valence-corrected chi connectivity index (χ0v) is 14.0. The molecule has 2 aromatic heterocycles. The summed E-state index contributed by atoms with van der Waals surface area (Å²) in [5, 5.41) is 12.4. The summed E-state index contributed by atoms with van der Waals surface area (Å²) in [6.07, 6.45) is 0. The standard InChI is InChI=1S/C18H17N5O/c1-10-8-11(2)16(12(3)9-10)23-18(20-21-22-23)14-6-5-7-15-17(14)24-13(4)19-15/h5-9H,1-4H3. The number of tetrazole rings is 1. The predicted octanol–water partition coefficient (Wildman–Crippen LogP) is 3.70. The number of aromatic nitrogens is 5. The molecule has 0 amide bonds. The van der Waals surface area contributed by atoms with E-state index in [0.29, 0.717) is 17.3 Å². The Balaban J connectivity index is 1.99. The number of rotatable bonds is 2. The van der Waals surface area contributed by atoms with Crippen LogP contribution >= 0.6 is 0 Å². The van der Waals surface area contributed by atoms with Crippen LogP contribution in [0.3, 0.4) is 0 Å². The molecule has 4 aromatic rings. The summed E-state index contributed by atoms with van der Waals surface area (Å²) in [5.74, 6) is 1.27. The fraction of sp³-hybridized carbons (Fsp3) is 0.222. The molecule has 24 heavy (non-hydrogen) atoms. The highest BCUT2D eigenvalue weighted by Gasteiger charge is 2.19. The van der Waals surface area contributed by atoms with Crippen LogP contribution in [0, 0.1) is 27.7 Å². The predicted molar refractivity (Wildman–Crippen MR) is 91.1 cm³/mol. The largest absolute Gasteiger partial charge is 0.440 e. The van der Waals surface area contributed by atoms with Crippen molar-refractivity contribution < 1.29 is 4.42 Å². The van der Waals surface area contributed by atoms with Gasteiger partial charge < -0.3 is 4.42 Å². The molecule has 120 valence electrons. The van der Waals surface area contributed by atoms with Gasteiger partial charge in [-0.3, -0.25) is 0 Å². The average Bonchev–Trinajstić information content (AvgIpc) is 3.11. The first-order valence-electron chi connectivity index (χ1n) is 7.77. The maximum atomic E-state index is 5.77. The first-order chi connectivity index (χ1) is 11.5. The Kier molecular flexibility index (Phi) is 3.19. The van der Waals surface area contributed by atoms with Crippen molar-refractivity contribution in [2.24, 2.45) is 0 Å². The Morgan fingerprint density at radius 3 is 2.50 bits per heavy atom. The Hall–Kier alpha value is -3.02. The van der Waals surface area contributed by atoms with Crippen LogP contribution in [0.25, 0.3) is 28.2 Å². The molecule has 6 nitrogen and oxygen atoms in total. The number of nitrogens with zero attached hydrogens (tertiary/aromatic N) is 5. The van der Waals surface area contributed by atoms with Crippen LogP contribution in [0.2, 0.25) is 0 Å². The Bertz CT molecular complexity index is 1040. The lowest BCUT2D eigenvalue weighted by molar-refractivity contribution is 0.561. The highest BCUT2D eigenvalue weighted by Crippen LogP contribution is 2.30. The Morgan fingerprint density at radius 2 is 1.75 bits per heavy atom. The number of hydrogen-bond acceptors (Lipinski definition) is 5. The van der Waals surface area contributed by atoms with E-state index in [-0.39, 0.29) is 0 Å². The third-order valence-corrected chi connectivity index (χ3v) is 4.08. The van der Waals surface area contributed by atoms with Gasteiger partial charge in [0.1, 0.15) is 5.52 Å². The van der Waals surface area contributed by atoms with Crippen molar-refractivity contribution >= 4 is 11.1 Å². The molecule has 0 atom stereocenters.